The number of ether oxygens (including phenoxy) is 1. The first kappa shape index (κ1) is 11.9. The van der Waals surface area contributed by atoms with Gasteiger partial charge in [0.05, 0.1) is 13.5 Å². The lowest BCUT2D eigenvalue weighted by Gasteiger charge is -1.91. The van der Waals surface area contributed by atoms with E-state index in [1.54, 1.807) is 0 Å². The molecule has 1 aromatic carbocycles. The minimum Gasteiger partial charge on any atom is -0.469 e. The van der Waals surface area contributed by atoms with Crippen LogP contribution in [-0.4, -0.2) is 13.1 Å². The highest BCUT2D eigenvalue weighted by Crippen LogP contribution is 1.94. The van der Waals surface area contributed by atoms with Crippen LogP contribution in [0.3, 0.4) is 0 Å². The lowest BCUT2D eigenvalue weighted by molar-refractivity contribution is -0.140. The van der Waals surface area contributed by atoms with Crippen LogP contribution in [0.1, 0.15) is 18.4 Å². The van der Waals surface area contributed by atoms with E-state index < -0.39 is 0 Å². The van der Waals surface area contributed by atoms with Crippen molar-refractivity contribution in [3.63, 3.8) is 0 Å². The molecule has 0 radical (unpaired) electrons. The Morgan fingerprint density at radius 3 is 2.69 bits per heavy atom. The van der Waals surface area contributed by atoms with Crippen molar-refractivity contribution >= 4 is 5.97 Å². The van der Waals surface area contributed by atoms with E-state index in [1.165, 1.54) is 7.11 Å². The van der Waals surface area contributed by atoms with Gasteiger partial charge in [0.25, 0.3) is 0 Å². The summed E-state index contributed by atoms with van der Waals surface area (Å²) in [4.78, 5) is 10.7. The molecule has 16 heavy (non-hydrogen) atoms. The lowest BCUT2D eigenvalue weighted by Crippen LogP contribution is -1.97. The minimum atomic E-state index is -0.245. The molecule has 2 nitrogen and oxygen atoms in total. The van der Waals surface area contributed by atoms with Crippen molar-refractivity contribution in [2.45, 2.75) is 12.8 Å². The first-order valence-corrected chi connectivity index (χ1v) is 4.93. The molecule has 1 aromatic rings. The summed E-state index contributed by atoms with van der Waals surface area (Å²) in [6, 6.07) is 9.63. The molecule has 0 aliphatic carbocycles. The molecule has 1 rings (SSSR count). The highest BCUT2D eigenvalue weighted by molar-refractivity contribution is 5.69. The summed E-state index contributed by atoms with van der Waals surface area (Å²) in [6.45, 7) is 0. The van der Waals surface area contributed by atoms with Gasteiger partial charge in [0.15, 0.2) is 0 Å². The van der Waals surface area contributed by atoms with Crippen LogP contribution in [0.4, 0.5) is 0 Å². The molecule has 0 heterocycles. The number of rotatable bonds is 2. The number of hydrogen-bond acceptors (Lipinski definition) is 2. The van der Waals surface area contributed by atoms with Gasteiger partial charge in [-0.1, -0.05) is 30.0 Å². The number of methoxy groups -OCH3 is 1. The topological polar surface area (TPSA) is 26.3 Å². The maximum atomic E-state index is 10.7. The summed E-state index contributed by atoms with van der Waals surface area (Å²) < 4.78 is 4.48. The van der Waals surface area contributed by atoms with Gasteiger partial charge in [-0.3, -0.25) is 4.79 Å². The molecule has 0 amide bonds. The van der Waals surface area contributed by atoms with E-state index in [0.717, 1.165) is 5.56 Å². The quantitative estimate of drug-likeness (QED) is 0.553. The number of carbonyl (C=O) groups is 1. The molecule has 0 aromatic heterocycles. The molecule has 0 unspecified atom stereocenters. The summed E-state index contributed by atoms with van der Waals surface area (Å²) in [5, 5.41) is 0. The Bertz CT molecular complexity index is 452. The van der Waals surface area contributed by atoms with Crippen molar-refractivity contribution in [2.24, 2.45) is 0 Å². The molecule has 0 N–H and O–H groups in total. The van der Waals surface area contributed by atoms with Crippen molar-refractivity contribution in [1.29, 1.82) is 0 Å². The molecule has 0 fully saturated rings. The van der Waals surface area contributed by atoms with Gasteiger partial charge in [-0.25, -0.2) is 0 Å². The predicted octanol–water partition coefficient (Wildman–Crippen LogP) is 1.99. The average molecular weight is 212 g/mol. The smallest absolute Gasteiger partial charge is 0.306 e. The van der Waals surface area contributed by atoms with Gasteiger partial charge >= 0.3 is 5.97 Å². The zero-order valence-corrected chi connectivity index (χ0v) is 9.12. The molecule has 80 valence electrons. The number of hydrogen-bond donors (Lipinski definition) is 0. The third-order valence-corrected chi connectivity index (χ3v) is 1.81. The van der Waals surface area contributed by atoms with E-state index in [9.17, 15) is 4.79 Å². The van der Waals surface area contributed by atoms with Crippen LogP contribution < -0.4 is 0 Å². The number of carbonyl (C=O) groups excluding carboxylic acids is 1. The summed E-state index contributed by atoms with van der Waals surface area (Å²) in [6.07, 6.45) is 0.798. The molecule has 0 saturated carbocycles. The largest absolute Gasteiger partial charge is 0.469 e. The van der Waals surface area contributed by atoms with Crippen molar-refractivity contribution in [2.75, 3.05) is 7.11 Å². The SMILES string of the molecule is COC(=O)CCC#CC#Cc1ccccc1. The van der Waals surface area contributed by atoms with Gasteiger partial charge in [-0.05, 0) is 24.0 Å². The third-order valence-electron chi connectivity index (χ3n) is 1.81. The molecule has 2 heteroatoms. The minimum absolute atomic E-state index is 0.245. The van der Waals surface area contributed by atoms with Crippen molar-refractivity contribution in [1.82, 2.24) is 0 Å². The van der Waals surface area contributed by atoms with Crippen LogP contribution >= 0.6 is 0 Å². The Labute approximate surface area is 95.6 Å². The van der Waals surface area contributed by atoms with E-state index in [0.29, 0.717) is 12.8 Å². The van der Waals surface area contributed by atoms with Crippen LogP contribution in [0.5, 0.6) is 0 Å². The zero-order chi connectivity index (χ0) is 11.6. The van der Waals surface area contributed by atoms with Crippen LogP contribution in [0.25, 0.3) is 0 Å². The second-order valence-corrected chi connectivity index (χ2v) is 2.99. The van der Waals surface area contributed by atoms with Crippen LogP contribution in [0.2, 0.25) is 0 Å². The second kappa shape index (κ2) is 7.15. The van der Waals surface area contributed by atoms with Gasteiger partial charge in [0, 0.05) is 12.0 Å². The molecule has 0 bridgehead atoms. The molecular weight excluding hydrogens is 200 g/mol. The molecule has 0 aliphatic heterocycles. The standard InChI is InChI=1S/C14H12O2/c1-16-14(15)12-8-3-2-5-9-13-10-6-4-7-11-13/h4,6-7,10-11H,8,12H2,1H3. The lowest BCUT2D eigenvalue weighted by atomic mass is 10.2. The van der Waals surface area contributed by atoms with Crippen molar-refractivity contribution in [3.8, 4) is 23.7 Å². The molecule has 0 aliphatic rings. The molecule has 0 spiro atoms. The molecule has 0 saturated heterocycles. The fourth-order valence-corrected chi connectivity index (χ4v) is 0.998. The fraction of sp³-hybridized carbons (Fsp3) is 0.214. The molecular formula is C14H12O2. The van der Waals surface area contributed by atoms with Crippen LogP contribution in [0.15, 0.2) is 30.3 Å². The Morgan fingerprint density at radius 2 is 2.00 bits per heavy atom. The van der Waals surface area contributed by atoms with Crippen LogP contribution in [0, 0.1) is 23.7 Å². The van der Waals surface area contributed by atoms with E-state index in [1.807, 2.05) is 30.3 Å². The van der Waals surface area contributed by atoms with E-state index in [-0.39, 0.29) is 5.97 Å². The monoisotopic (exact) mass is 212 g/mol. The van der Waals surface area contributed by atoms with Gasteiger partial charge in [-0.2, -0.15) is 0 Å². The van der Waals surface area contributed by atoms with Crippen molar-refractivity contribution in [3.05, 3.63) is 35.9 Å². The molecule has 0 atom stereocenters. The Balaban J connectivity index is 2.38. The van der Waals surface area contributed by atoms with E-state index in [2.05, 4.69) is 28.4 Å². The predicted molar refractivity (Wildman–Crippen MR) is 62.3 cm³/mol. The van der Waals surface area contributed by atoms with Gasteiger partial charge in [-0.15, -0.1) is 0 Å². The van der Waals surface area contributed by atoms with Gasteiger partial charge in [0.1, 0.15) is 0 Å². The normalized spacial score (nSPS) is 8.06. The van der Waals surface area contributed by atoms with Gasteiger partial charge < -0.3 is 4.74 Å². The zero-order valence-electron chi connectivity index (χ0n) is 9.12. The average Bonchev–Trinajstić information content (AvgIpc) is 2.34. The maximum absolute atomic E-state index is 10.7. The summed E-state index contributed by atoms with van der Waals surface area (Å²) in [7, 11) is 1.37. The Morgan fingerprint density at radius 1 is 1.25 bits per heavy atom. The van der Waals surface area contributed by atoms with Crippen LogP contribution in [-0.2, 0) is 9.53 Å². The first-order chi connectivity index (χ1) is 7.83. The maximum Gasteiger partial charge on any atom is 0.306 e. The van der Waals surface area contributed by atoms with Crippen molar-refractivity contribution < 1.29 is 9.53 Å². The second-order valence-electron chi connectivity index (χ2n) is 2.99. The van der Waals surface area contributed by atoms with E-state index >= 15 is 0 Å². The van der Waals surface area contributed by atoms with Gasteiger partial charge in [0.2, 0.25) is 0 Å². The fourth-order valence-electron chi connectivity index (χ4n) is 0.998. The third kappa shape index (κ3) is 4.88. The highest BCUT2D eigenvalue weighted by atomic mass is 16.5. The number of benzene rings is 1. The number of esters is 1. The Kier molecular flexibility index (Phi) is 5.31. The summed E-state index contributed by atoms with van der Waals surface area (Å²) in [5.74, 6) is 10.9. The first-order valence-electron chi connectivity index (χ1n) is 4.93. The highest BCUT2D eigenvalue weighted by Gasteiger charge is 1.94. The Hall–Kier alpha value is -2.19. The summed E-state index contributed by atoms with van der Waals surface area (Å²) in [5.41, 5.74) is 0.935. The van der Waals surface area contributed by atoms with E-state index in [4.69, 9.17) is 0 Å². The summed E-state index contributed by atoms with van der Waals surface area (Å²) >= 11 is 0.